The van der Waals surface area contributed by atoms with Crippen molar-refractivity contribution in [3.8, 4) is 5.75 Å². The van der Waals surface area contributed by atoms with Crippen LogP contribution in [0.1, 0.15) is 19.4 Å². The Balaban J connectivity index is 1.85. The van der Waals surface area contributed by atoms with Gasteiger partial charge in [0.15, 0.2) is 0 Å². The molecule has 0 saturated carbocycles. The maximum Gasteiger partial charge on any atom is 0.323 e. The number of amides is 3. The van der Waals surface area contributed by atoms with E-state index in [0.29, 0.717) is 35.8 Å². The normalized spacial score (nSPS) is 19.6. The summed E-state index contributed by atoms with van der Waals surface area (Å²) in [5.41, 5.74) is 1.94. The zero-order chi connectivity index (χ0) is 23.1. The summed E-state index contributed by atoms with van der Waals surface area (Å²) in [7, 11) is 1.86. The van der Waals surface area contributed by atoms with Gasteiger partial charge in [-0.15, -0.1) is 0 Å². The Kier molecular flexibility index (Phi) is 8.08. The summed E-state index contributed by atoms with van der Waals surface area (Å²) in [6, 6.07) is 13.8. The third-order valence-corrected chi connectivity index (χ3v) is 5.61. The van der Waals surface area contributed by atoms with Gasteiger partial charge >= 0.3 is 6.03 Å². The molecule has 0 spiro atoms. The predicted octanol–water partition coefficient (Wildman–Crippen LogP) is 2.70. The summed E-state index contributed by atoms with van der Waals surface area (Å²) in [6.45, 7) is 4.88. The number of carbonyl (C=O) groups excluding carboxylic acids is 2. The molecule has 1 heterocycles. The monoisotopic (exact) mass is 440 g/mol. The zero-order valence-electron chi connectivity index (χ0n) is 18.8. The van der Waals surface area contributed by atoms with Gasteiger partial charge in [-0.2, -0.15) is 0 Å². The molecule has 0 aromatic heterocycles. The molecule has 2 aromatic carbocycles. The minimum Gasteiger partial charge on any atom is -0.488 e. The maximum absolute atomic E-state index is 13.1. The van der Waals surface area contributed by atoms with Gasteiger partial charge < -0.3 is 30.7 Å². The summed E-state index contributed by atoms with van der Waals surface area (Å²) in [5, 5.41) is 18.4. The van der Waals surface area contributed by atoms with Crippen molar-refractivity contribution in [2.45, 2.75) is 32.4 Å². The average Bonchev–Trinajstić information content (AvgIpc) is 2.82. The van der Waals surface area contributed by atoms with Crippen LogP contribution in [0, 0.1) is 5.92 Å². The van der Waals surface area contributed by atoms with Crippen molar-refractivity contribution < 1.29 is 19.4 Å². The van der Waals surface area contributed by atoms with Gasteiger partial charge in [-0.25, -0.2) is 4.79 Å². The molecule has 0 saturated heterocycles. The number of hydrogen-bond donors (Lipinski definition) is 4. The Bertz CT molecular complexity index is 921. The summed E-state index contributed by atoms with van der Waals surface area (Å²) in [4.78, 5) is 27.2. The lowest BCUT2D eigenvalue weighted by atomic mass is 10.0. The zero-order valence-corrected chi connectivity index (χ0v) is 18.8. The van der Waals surface area contributed by atoms with Crippen molar-refractivity contribution in [1.29, 1.82) is 0 Å². The SMILES string of the molecule is CNC[C@H]1Oc2ccc(NC(=O)Nc3ccccc3)cc2CC(=O)N([C@H](C)CO)C[C@@H]1C. The minimum atomic E-state index is -0.372. The fourth-order valence-corrected chi connectivity index (χ4v) is 3.77. The first-order chi connectivity index (χ1) is 15.4. The molecule has 32 heavy (non-hydrogen) atoms. The van der Waals surface area contributed by atoms with Crippen molar-refractivity contribution >= 4 is 23.3 Å². The number of benzene rings is 2. The lowest BCUT2D eigenvalue weighted by molar-refractivity contribution is -0.134. The van der Waals surface area contributed by atoms with E-state index in [4.69, 9.17) is 4.74 Å². The van der Waals surface area contributed by atoms with Gasteiger partial charge in [0, 0.05) is 35.9 Å². The molecule has 1 aliphatic rings. The van der Waals surface area contributed by atoms with Gasteiger partial charge in [-0.3, -0.25) is 4.79 Å². The Labute approximate surface area is 189 Å². The number of anilines is 2. The summed E-state index contributed by atoms with van der Waals surface area (Å²) in [6.07, 6.45) is -0.0349. The molecule has 3 atom stereocenters. The van der Waals surface area contributed by atoms with Crippen LogP contribution in [-0.4, -0.2) is 60.8 Å². The Morgan fingerprint density at radius 1 is 1.19 bits per heavy atom. The summed E-state index contributed by atoms with van der Waals surface area (Å²) in [5.74, 6) is 0.595. The molecule has 3 amide bonds. The van der Waals surface area contributed by atoms with E-state index in [-0.39, 0.29) is 43.0 Å². The predicted molar refractivity (Wildman–Crippen MR) is 125 cm³/mol. The average molecular weight is 441 g/mol. The number of fused-ring (bicyclic) bond motifs is 1. The maximum atomic E-state index is 13.1. The van der Waals surface area contributed by atoms with E-state index in [0.717, 1.165) is 0 Å². The Morgan fingerprint density at radius 2 is 1.91 bits per heavy atom. The smallest absolute Gasteiger partial charge is 0.323 e. The van der Waals surface area contributed by atoms with Crippen LogP contribution in [0.25, 0.3) is 0 Å². The van der Waals surface area contributed by atoms with Crippen LogP contribution >= 0.6 is 0 Å². The number of likely N-dealkylation sites (N-methyl/N-ethyl adjacent to an activating group) is 1. The van der Waals surface area contributed by atoms with E-state index < -0.39 is 0 Å². The van der Waals surface area contributed by atoms with Crippen molar-refractivity contribution in [2.75, 3.05) is 37.4 Å². The highest BCUT2D eigenvalue weighted by atomic mass is 16.5. The number of nitrogens with zero attached hydrogens (tertiary/aromatic N) is 1. The van der Waals surface area contributed by atoms with E-state index in [2.05, 4.69) is 16.0 Å². The van der Waals surface area contributed by atoms with Gasteiger partial charge in [-0.1, -0.05) is 25.1 Å². The van der Waals surface area contributed by atoms with E-state index in [1.807, 2.05) is 39.1 Å². The summed E-state index contributed by atoms with van der Waals surface area (Å²) >= 11 is 0. The number of ether oxygens (including phenoxy) is 1. The molecule has 4 N–H and O–H groups in total. The van der Waals surface area contributed by atoms with Crippen molar-refractivity contribution in [2.24, 2.45) is 5.92 Å². The minimum absolute atomic E-state index is 0.0563. The third kappa shape index (κ3) is 5.99. The molecule has 0 aliphatic carbocycles. The molecule has 172 valence electrons. The van der Waals surface area contributed by atoms with Crippen molar-refractivity contribution in [1.82, 2.24) is 10.2 Å². The molecule has 0 bridgehead atoms. The second-order valence-electron chi connectivity index (χ2n) is 8.21. The lowest BCUT2D eigenvalue weighted by Crippen LogP contribution is -2.47. The number of aliphatic hydroxyl groups excluding tert-OH is 1. The van der Waals surface area contributed by atoms with Crippen LogP contribution in [0.2, 0.25) is 0 Å². The number of aliphatic hydroxyl groups is 1. The number of carbonyl (C=O) groups is 2. The highest BCUT2D eigenvalue weighted by Gasteiger charge is 2.30. The van der Waals surface area contributed by atoms with E-state index in [1.165, 1.54) is 0 Å². The molecule has 0 radical (unpaired) electrons. The van der Waals surface area contributed by atoms with Crippen LogP contribution in [-0.2, 0) is 11.2 Å². The molecule has 1 aliphatic heterocycles. The molecule has 2 aromatic rings. The topological polar surface area (TPSA) is 103 Å². The van der Waals surface area contributed by atoms with Gasteiger partial charge in [0.25, 0.3) is 0 Å². The second-order valence-corrected chi connectivity index (χ2v) is 8.21. The van der Waals surface area contributed by atoms with Crippen molar-refractivity contribution in [3.63, 3.8) is 0 Å². The summed E-state index contributed by atoms with van der Waals surface area (Å²) < 4.78 is 6.30. The number of hydrogen-bond acceptors (Lipinski definition) is 5. The number of nitrogens with one attached hydrogen (secondary N) is 3. The standard InChI is InChI=1S/C24H32N4O4/c1-16-14-28(17(2)15-29)23(30)12-18-11-20(9-10-21(18)32-22(16)13-25-3)27-24(31)26-19-7-5-4-6-8-19/h4-11,16-17,22,25,29H,12-15H2,1-3H3,(H2,26,27,31)/t16-,17+,22+/m0/s1. The molecule has 3 rings (SSSR count). The van der Waals surface area contributed by atoms with E-state index in [9.17, 15) is 14.7 Å². The molecular formula is C24H32N4O4. The first-order valence-corrected chi connectivity index (χ1v) is 10.9. The van der Waals surface area contributed by atoms with Crippen LogP contribution in [0.5, 0.6) is 5.75 Å². The van der Waals surface area contributed by atoms with Gasteiger partial charge in [0.05, 0.1) is 19.1 Å². The third-order valence-electron chi connectivity index (χ3n) is 5.61. The van der Waals surface area contributed by atoms with Gasteiger partial charge in [-0.05, 0) is 44.3 Å². The molecule has 8 heteroatoms. The quantitative estimate of drug-likeness (QED) is 0.553. The number of rotatable bonds is 6. The highest BCUT2D eigenvalue weighted by molar-refractivity contribution is 5.99. The second kappa shape index (κ2) is 11.0. The fourth-order valence-electron chi connectivity index (χ4n) is 3.77. The first kappa shape index (κ1) is 23.6. The Hall–Kier alpha value is -3.10. The van der Waals surface area contributed by atoms with Gasteiger partial charge in [0.2, 0.25) is 5.91 Å². The van der Waals surface area contributed by atoms with Gasteiger partial charge in [0.1, 0.15) is 11.9 Å². The van der Waals surface area contributed by atoms with Crippen LogP contribution < -0.4 is 20.7 Å². The molecular weight excluding hydrogens is 408 g/mol. The van der Waals surface area contributed by atoms with Crippen molar-refractivity contribution in [3.05, 3.63) is 54.1 Å². The molecule has 0 unspecified atom stereocenters. The largest absolute Gasteiger partial charge is 0.488 e. The van der Waals surface area contributed by atoms with Crippen LogP contribution in [0.15, 0.2) is 48.5 Å². The highest BCUT2D eigenvalue weighted by Crippen LogP contribution is 2.29. The fraction of sp³-hybridized carbons (Fsp3) is 0.417. The van der Waals surface area contributed by atoms with E-state index >= 15 is 0 Å². The Morgan fingerprint density at radius 3 is 2.59 bits per heavy atom. The number of para-hydroxylation sites is 1. The van der Waals surface area contributed by atoms with Crippen LogP contribution in [0.3, 0.4) is 0 Å². The molecule has 8 nitrogen and oxygen atoms in total. The van der Waals surface area contributed by atoms with E-state index in [1.54, 1.807) is 35.2 Å². The first-order valence-electron chi connectivity index (χ1n) is 10.9. The lowest BCUT2D eigenvalue weighted by Gasteiger charge is -2.32. The van der Waals surface area contributed by atoms with Crippen LogP contribution in [0.4, 0.5) is 16.2 Å². The number of urea groups is 1. The molecule has 0 fully saturated rings.